The zero-order chi connectivity index (χ0) is 93.1. The van der Waals surface area contributed by atoms with Gasteiger partial charge in [0.25, 0.3) is 0 Å². The Morgan fingerprint density at radius 1 is 0.174 bits per heavy atom. The van der Waals surface area contributed by atoms with Gasteiger partial charge >= 0.3 is 0 Å². The lowest BCUT2D eigenvalue weighted by Crippen LogP contribution is -1.92. The van der Waals surface area contributed by atoms with E-state index < -0.39 is 0 Å². The maximum atomic E-state index is 5.53. The molecule has 15 nitrogen and oxygen atoms in total. The molecule has 0 amide bonds. The molecule has 6 aliphatic rings. The Bertz CT molecular complexity index is 7740. The van der Waals surface area contributed by atoms with Crippen LogP contribution in [0.3, 0.4) is 0 Å². The maximum Gasteiger partial charge on any atom is 0.0737 e. The van der Waals surface area contributed by atoms with Crippen LogP contribution in [0.25, 0.3) is 206 Å². The predicted molar refractivity (Wildman–Crippen MR) is 571 cm³/mol. The fraction of sp³-hybridized carbons (Fsp3) is 0.146. The third-order valence-electron chi connectivity index (χ3n) is 26.3. The summed E-state index contributed by atoms with van der Waals surface area (Å²) in [6.07, 6.45) is 47.6. The zero-order valence-electron chi connectivity index (χ0n) is 78.0. The van der Waals surface area contributed by atoms with Gasteiger partial charge < -0.3 is 29.9 Å². The molecule has 138 heavy (non-hydrogen) atoms. The van der Waals surface area contributed by atoms with Crippen molar-refractivity contribution >= 4 is 139 Å². The summed E-state index contributed by atoms with van der Waals surface area (Å²) < 4.78 is 0. The van der Waals surface area contributed by atoms with Crippen LogP contribution in [-0.4, -0.2) is 74.8 Å². The van der Waals surface area contributed by atoms with Gasteiger partial charge in [0.05, 0.1) is 68.3 Å². The molecular weight excluding hydrogens is 1690 g/mol. The van der Waals surface area contributed by atoms with Crippen LogP contribution in [-0.2, 0) is 38.5 Å². The molecule has 24 bridgehead atoms. The number of aromatic nitrogens is 15. The van der Waals surface area contributed by atoms with Gasteiger partial charge in [-0.2, -0.15) is 0 Å². The second-order valence-corrected chi connectivity index (χ2v) is 35.6. The van der Waals surface area contributed by atoms with E-state index >= 15 is 0 Å². The van der Waals surface area contributed by atoms with Crippen molar-refractivity contribution < 1.29 is 0 Å². The van der Waals surface area contributed by atoms with Crippen LogP contribution >= 0.6 is 0 Å². The second-order valence-electron chi connectivity index (χ2n) is 35.6. The van der Waals surface area contributed by atoms with Crippen LogP contribution in [0.15, 0.2) is 237 Å². The van der Waals surface area contributed by atoms with Crippen molar-refractivity contribution in [2.75, 3.05) is 0 Å². The Hall–Kier alpha value is -17.2. The van der Waals surface area contributed by atoms with Crippen molar-refractivity contribution in [1.29, 1.82) is 0 Å². The highest BCUT2D eigenvalue weighted by Crippen LogP contribution is 2.42. The molecule has 0 spiro atoms. The number of aryl methyl sites for hydroxylation is 6. The fourth-order valence-corrected chi connectivity index (χ4v) is 19.9. The lowest BCUT2D eigenvalue weighted by Gasteiger charge is -2.06. The van der Waals surface area contributed by atoms with Crippen LogP contribution in [0.4, 0.5) is 0 Å². The molecule has 16 aromatic rings. The Labute approximate surface area is 801 Å². The topological polar surface area (TPSA) is 211 Å². The molecule has 0 saturated carbocycles. The van der Waals surface area contributed by atoms with Gasteiger partial charge in [0.1, 0.15) is 0 Å². The summed E-state index contributed by atoms with van der Waals surface area (Å²) in [6, 6.07) is 70.5. The molecule has 0 fully saturated rings. The minimum atomic E-state index is 0.771. The number of nitrogens with one attached hydrogen (secondary N) is 6. The summed E-state index contributed by atoms with van der Waals surface area (Å²) in [5.74, 6) is 21.5. The first-order chi connectivity index (χ1) is 68.0. The minimum Gasteiger partial charge on any atom is -0.355 e. The monoisotopic (exact) mass is 1790 g/mol. The van der Waals surface area contributed by atoms with Crippen molar-refractivity contribution in [3.05, 3.63) is 372 Å². The highest BCUT2D eigenvalue weighted by atomic mass is 14.8. The second kappa shape index (κ2) is 38.1. The number of aromatic amines is 6. The third kappa shape index (κ3) is 17.2. The number of benzene rings is 4. The van der Waals surface area contributed by atoms with E-state index in [0.29, 0.717) is 0 Å². The molecule has 18 heterocycles. The van der Waals surface area contributed by atoms with Gasteiger partial charge in [0.2, 0.25) is 0 Å². The number of pyridine rings is 3. The standard InChI is InChI=1S/C123H99N15/c1-7-13-88-94-37-49-106(127-94)118(107-50-38-95(128-107)89(14-8-2)101-44-56-113(134-101)121(85-61-67-124-68-62-85)112-55-43-100(88)133-112)82-31-25-76(26-32-82)19-22-79-73-80(23-20-77-27-33-83(34-28-77)119-108-51-39-96(129-108)90(15-9-3)102-45-57-114(135-102)122(86-63-69-125-70-64-86)115-58-46-103(136-115)91(16-10-4)97-40-52-109(119)130-97)75-81(74-79)24-21-78-29-35-84(36-30-78)120-110-53-41-98(131-110)92(17-11-5)104-47-59-116(137-104)123(87-65-71-126-72-66-87)117-60-48-105(138-117)93(18-12-6)99-42-54-111(120)132-99/h25-75,127,129,131,134,136,138H,7-18H2,1-6H3. The molecular formula is C123H99N15. The van der Waals surface area contributed by atoms with E-state index in [1.165, 1.54) is 0 Å². The summed E-state index contributed by atoms with van der Waals surface area (Å²) in [5, 5.41) is 0. The average molecular weight is 1790 g/mol. The van der Waals surface area contributed by atoms with Crippen molar-refractivity contribution in [1.82, 2.24) is 74.8 Å². The first-order valence-electron chi connectivity index (χ1n) is 48.2. The largest absolute Gasteiger partial charge is 0.355 e. The molecule has 0 saturated heterocycles. The Kier molecular flexibility index (Phi) is 23.8. The van der Waals surface area contributed by atoms with Gasteiger partial charge in [-0.1, -0.05) is 152 Å². The van der Waals surface area contributed by atoms with E-state index in [0.717, 1.165) is 345 Å². The van der Waals surface area contributed by atoms with Crippen LogP contribution in [0.2, 0.25) is 0 Å². The van der Waals surface area contributed by atoms with E-state index in [1.807, 2.05) is 37.2 Å². The maximum absolute atomic E-state index is 5.53. The van der Waals surface area contributed by atoms with Gasteiger partial charge in [0.15, 0.2) is 0 Å². The van der Waals surface area contributed by atoms with Gasteiger partial charge in [-0.3, -0.25) is 15.0 Å². The van der Waals surface area contributed by atoms with E-state index in [9.17, 15) is 0 Å². The Morgan fingerprint density at radius 2 is 0.333 bits per heavy atom. The van der Waals surface area contributed by atoms with E-state index in [4.69, 9.17) is 29.9 Å². The molecule has 0 atom stereocenters. The summed E-state index contributed by atoms with van der Waals surface area (Å²) in [7, 11) is 0. The quantitative estimate of drug-likeness (QED) is 0.0451. The summed E-state index contributed by atoms with van der Waals surface area (Å²) in [6.45, 7) is 13.3. The van der Waals surface area contributed by atoms with Crippen LogP contribution in [0, 0.1) is 35.5 Å². The van der Waals surface area contributed by atoms with Gasteiger partial charge in [0, 0.05) is 204 Å². The minimum absolute atomic E-state index is 0.771. The lowest BCUT2D eigenvalue weighted by molar-refractivity contribution is 0.918. The van der Waals surface area contributed by atoms with E-state index in [2.05, 4.69) is 395 Å². The van der Waals surface area contributed by atoms with Gasteiger partial charge in [-0.05, 0) is 309 Å². The molecule has 6 N–H and O–H groups in total. The molecule has 12 aromatic heterocycles. The first kappa shape index (κ1) is 86.2. The highest BCUT2D eigenvalue weighted by molar-refractivity contribution is 6.00. The highest BCUT2D eigenvalue weighted by Gasteiger charge is 2.25. The molecule has 0 aliphatic carbocycles. The Morgan fingerprint density at radius 3 is 0.514 bits per heavy atom. The number of rotatable bonds is 18. The number of H-pyrrole nitrogens is 6. The molecule has 0 radical (unpaired) electrons. The van der Waals surface area contributed by atoms with E-state index in [1.54, 1.807) is 0 Å². The van der Waals surface area contributed by atoms with Crippen LogP contribution in [0.1, 0.15) is 215 Å². The van der Waals surface area contributed by atoms with Gasteiger partial charge in [-0.15, -0.1) is 0 Å². The van der Waals surface area contributed by atoms with Crippen molar-refractivity contribution in [2.45, 2.75) is 119 Å². The Balaban J connectivity index is 0.650. The molecule has 22 rings (SSSR count). The summed E-state index contributed by atoms with van der Waals surface area (Å²) >= 11 is 0. The van der Waals surface area contributed by atoms with Crippen molar-refractivity contribution in [2.24, 2.45) is 0 Å². The smallest absolute Gasteiger partial charge is 0.0737 e. The molecule has 666 valence electrons. The normalized spacial score (nSPS) is 12.1. The fourth-order valence-electron chi connectivity index (χ4n) is 19.9. The number of fused-ring (bicyclic) bond motifs is 24. The molecule has 0 unspecified atom stereocenters. The SMILES string of the molecule is CCCc1c2nc(c(-c3ccc(C#Cc4cc(C#Cc5ccc(-c6c7nc(c(CCC)c8ccc([nH]8)c(-c8ccncc8)c8nc(c(CCC)c9ccc6[nH]9)C=C8)C=C7)cc5)cc(C#Cc5ccc(-c6c7nc(c(CCC)c8ccc([nH]8)c(-c8ccncc8)c8nc(c(CCC)c9ccc6[nH]9)C=C8)C=C7)cc5)c4)cc3)c3ccc([nH]3)c(CCC)c3nc(c(-c4ccncc4)c4ccc1[nH]4)C=C3)C=C2. The van der Waals surface area contributed by atoms with Crippen LogP contribution < -0.4 is 0 Å². The number of hydrogen-bond donors (Lipinski definition) is 6. The molecule has 6 aliphatic heterocycles. The van der Waals surface area contributed by atoms with Crippen LogP contribution in [0.5, 0.6) is 0 Å². The predicted octanol–water partition coefficient (Wildman–Crippen LogP) is 28.7. The van der Waals surface area contributed by atoms with Crippen molar-refractivity contribution in [3.8, 4) is 102 Å². The molecule has 4 aromatic carbocycles. The summed E-state index contributed by atoms with van der Waals surface area (Å²) in [5.41, 5.74) is 46.7. The number of nitrogens with zero attached hydrogens (tertiary/aromatic N) is 9. The van der Waals surface area contributed by atoms with Gasteiger partial charge in [-0.25, -0.2) is 29.9 Å². The molecule has 15 heteroatoms. The summed E-state index contributed by atoms with van der Waals surface area (Å²) in [4.78, 5) is 69.3. The average Bonchev–Trinajstić information content (AvgIpc) is 1.63. The third-order valence-corrected chi connectivity index (χ3v) is 26.3. The zero-order valence-corrected chi connectivity index (χ0v) is 78.0. The first-order valence-corrected chi connectivity index (χ1v) is 48.2. The van der Waals surface area contributed by atoms with E-state index in [-0.39, 0.29) is 0 Å². The lowest BCUT2D eigenvalue weighted by atomic mass is 10.0. The van der Waals surface area contributed by atoms with Crippen molar-refractivity contribution in [3.63, 3.8) is 0 Å². The number of hydrogen-bond acceptors (Lipinski definition) is 9.